The molecule has 1 aromatic carbocycles. The second-order valence-electron chi connectivity index (χ2n) is 2.28. The van der Waals surface area contributed by atoms with Crippen LogP contribution in [0.25, 0.3) is 0 Å². The molecule has 3 N–H and O–H groups in total. The molecule has 0 spiro atoms. The first-order chi connectivity index (χ1) is 5.16. The highest BCUT2D eigenvalue weighted by Gasteiger charge is 2.08. The van der Waals surface area contributed by atoms with E-state index in [4.69, 9.17) is 15.3 Å². The fourth-order valence-electron chi connectivity index (χ4n) is 0.962. The van der Waals surface area contributed by atoms with Gasteiger partial charge < -0.3 is 15.3 Å². The van der Waals surface area contributed by atoms with Crippen molar-refractivity contribution in [1.82, 2.24) is 0 Å². The van der Waals surface area contributed by atoms with Gasteiger partial charge in [0.15, 0.2) is 11.5 Å². The third-order valence-electron chi connectivity index (χ3n) is 1.59. The summed E-state index contributed by atoms with van der Waals surface area (Å²) in [5, 5.41) is 27.3. The smallest absolute Gasteiger partial charge is 0.164 e. The predicted octanol–water partition coefficient (Wildman–Crippen LogP) is 1.37. The molecule has 0 aromatic heterocycles. The summed E-state index contributed by atoms with van der Waals surface area (Å²) >= 11 is 0. The van der Waals surface area contributed by atoms with E-state index >= 15 is 0 Å². The predicted molar refractivity (Wildman–Crippen MR) is 40.8 cm³/mol. The Balaban J connectivity index is 3.29. The van der Waals surface area contributed by atoms with Crippen molar-refractivity contribution in [2.75, 3.05) is 0 Å². The average Bonchev–Trinajstić information content (AvgIpc) is 1.99. The molecule has 3 heteroatoms. The molecule has 1 rings (SSSR count). The van der Waals surface area contributed by atoms with E-state index in [0.29, 0.717) is 12.0 Å². The number of rotatable bonds is 1. The quantitative estimate of drug-likeness (QED) is 0.423. The van der Waals surface area contributed by atoms with Crippen LogP contribution in [-0.4, -0.2) is 15.3 Å². The Hall–Kier alpha value is -1.38. The first-order valence-corrected chi connectivity index (χ1v) is 3.39. The Kier molecular flexibility index (Phi) is 1.89. The maximum Gasteiger partial charge on any atom is 0.164 e. The maximum absolute atomic E-state index is 9.17. The third-order valence-corrected chi connectivity index (χ3v) is 1.59. The Labute approximate surface area is 64.5 Å². The van der Waals surface area contributed by atoms with Gasteiger partial charge in [-0.25, -0.2) is 0 Å². The molecule has 3 nitrogen and oxygen atoms in total. The molecule has 0 amide bonds. The number of hydrogen-bond donors (Lipinski definition) is 3. The summed E-state index contributed by atoms with van der Waals surface area (Å²) in [4.78, 5) is 0. The van der Waals surface area contributed by atoms with Crippen LogP contribution in [-0.2, 0) is 6.42 Å². The van der Waals surface area contributed by atoms with E-state index in [1.807, 2.05) is 0 Å². The molecule has 0 unspecified atom stereocenters. The lowest BCUT2D eigenvalue weighted by atomic mass is 10.1. The van der Waals surface area contributed by atoms with Crippen LogP contribution in [0.5, 0.6) is 17.2 Å². The van der Waals surface area contributed by atoms with Crippen LogP contribution < -0.4 is 0 Å². The summed E-state index contributed by atoms with van der Waals surface area (Å²) in [5.74, 6) is -0.407. The minimum Gasteiger partial charge on any atom is -0.508 e. The van der Waals surface area contributed by atoms with Crippen LogP contribution in [0.4, 0.5) is 0 Å². The van der Waals surface area contributed by atoms with E-state index in [9.17, 15) is 0 Å². The Morgan fingerprint density at radius 1 is 1.09 bits per heavy atom. The van der Waals surface area contributed by atoms with Crippen molar-refractivity contribution in [3.05, 3.63) is 17.7 Å². The van der Waals surface area contributed by atoms with E-state index < -0.39 is 0 Å². The number of aromatic hydroxyl groups is 3. The zero-order valence-electron chi connectivity index (χ0n) is 6.20. The maximum atomic E-state index is 9.17. The molecule has 60 valence electrons. The molecule has 0 saturated carbocycles. The van der Waals surface area contributed by atoms with Crippen LogP contribution in [0.1, 0.15) is 12.5 Å². The fourth-order valence-corrected chi connectivity index (χ4v) is 0.962. The van der Waals surface area contributed by atoms with E-state index in [-0.39, 0.29) is 17.2 Å². The second-order valence-corrected chi connectivity index (χ2v) is 2.28. The highest BCUT2D eigenvalue weighted by Crippen LogP contribution is 2.34. The number of phenols is 3. The monoisotopic (exact) mass is 154 g/mol. The first-order valence-electron chi connectivity index (χ1n) is 3.39. The normalized spacial score (nSPS) is 9.91. The number of phenolic OH excluding ortho intramolecular Hbond substituents is 3. The minimum atomic E-state index is -0.229. The largest absolute Gasteiger partial charge is 0.508 e. The van der Waals surface area contributed by atoms with E-state index in [2.05, 4.69) is 0 Å². The lowest BCUT2D eigenvalue weighted by molar-refractivity contribution is 0.390. The minimum absolute atomic E-state index is 0.0165. The van der Waals surface area contributed by atoms with Crippen molar-refractivity contribution < 1.29 is 15.3 Å². The Morgan fingerprint density at radius 3 is 2.09 bits per heavy atom. The van der Waals surface area contributed by atoms with Gasteiger partial charge in [-0.15, -0.1) is 0 Å². The van der Waals surface area contributed by atoms with Gasteiger partial charge in [-0.1, -0.05) is 6.92 Å². The molecule has 0 saturated heterocycles. The van der Waals surface area contributed by atoms with Crippen LogP contribution in [0.2, 0.25) is 0 Å². The van der Waals surface area contributed by atoms with Crippen LogP contribution in [0, 0.1) is 0 Å². The molecule has 0 aliphatic rings. The Bertz CT molecular complexity index is 268. The molecule has 0 aliphatic heterocycles. The van der Waals surface area contributed by atoms with Crippen molar-refractivity contribution in [2.24, 2.45) is 0 Å². The summed E-state index contributed by atoms with van der Waals surface area (Å²) in [6, 6.07) is 2.61. The zero-order chi connectivity index (χ0) is 8.43. The van der Waals surface area contributed by atoms with Gasteiger partial charge in [0, 0.05) is 5.56 Å². The molecular formula is C8H10O3. The fraction of sp³-hybridized carbons (Fsp3) is 0.250. The standard InChI is InChI=1S/C8H10O3/c1-2-5-6(9)3-4-7(10)8(5)11/h3-4,9-11H,2H2,1H3. The van der Waals surface area contributed by atoms with Crippen LogP contribution >= 0.6 is 0 Å². The van der Waals surface area contributed by atoms with Gasteiger partial charge in [-0.2, -0.15) is 0 Å². The highest BCUT2D eigenvalue weighted by molar-refractivity contribution is 5.51. The van der Waals surface area contributed by atoms with Crippen molar-refractivity contribution in [1.29, 1.82) is 0 Å². The van der Waals surface area contributed by atoms with Crippen molar-refractivity contribution in [3.63, 3.8) is 0 Å². The number of benzene rings is 1. The lowest BCUT2D eigenvalue weighted by Gasteiger charge is -2.04. The molecule has 0 bridgehead atoms. The summed E-state index contributed by atoms with van der Waals surface area (Å²) in [6.45, 7) is 1.79. The zero-order valence-corrected chi connectivity index (χ0v) is 6.20. The van der Waals surface area contributed by atoms with Gasteiger partial charge in [0.05, 0.1) is 0 Å². The highest BCUT2D eigenvalue weighted by atomic mass is 16.3. The summed E-state index contributed by atoms with van der Waals surface area (Å²) in [5.41, 5.74) is 0.380. The van der Waals surface area contributed by atoms with Gasteiger partial charge >= 0.3 is 0 Å². The lowest BCUT2D eigenvalue weighted by Crippen LogP contribution is -1.82. The average molecular weight is 154 g/mol. The van der Waals surface area contributed by atoms with Crippen molar-refractivity contribution in [3.8, 4) is 17.2 Å². The second kappa shape index (κ2) is 2.70. The van der Waals surface area contributed by atoms with E-state index in [1.54, 1.807) is 6.92 Å². The summed E-state index contributed by atoms with van der Waals surface area (Å²) in [7, 11) is 0. The molecule has 0 atom stereocenters. The van der Waals surface area contributed by atoms with Crippen LogP contribution in [0.15, 0.2) is 12.1 Å². The number of hydrogen-bond acceptors (Lipinski definition) is 3. The molecule has 11 heavy (non-hydrogen) atoms. The van der Waals surface area contributed by atoms with Gasteiger partial charge in [0.2, 0.25) is 0 Å². The van der Waals surface area contributed by atoms with Gasteiger partial charge in [-0.3, -0.25) is 0 Å². The first kappa shape index (κ1) is 7.72. The summed E-state index contributed by atoms with van der Waals surface area (Å²) < 4.78 is 0. The van der Waals surface area contributed by atoms with E-state index in [0.717, 1.165) is 0 Å². The molecule has 0 radical (unpaired) electrons. The molecule has 0 fully saturated rings. The molecule has 0 aliphatic carbocycles. The topological polar surface area (TPSA) is 60.7 Å². The molecular weight excluding hydrogens is 144 g/mol. The van der Waals surface area contributed by atoms with Gasteiger partial charge in [-0.05, 0) is 18.6 Å². The van der Waals surface area contributed by atoms with E-state index in [1.165, 1.54) is 12.1 Å². The molecule has 1 aromatic rings. The SMILES string of the molecule is CCc1c(O)ccc(O)c1O. The van der Waals surface area contributed by atoms with Gasteiger partial charge in [0.25, 0.3) is 0 Å². The van der Waals surface area contributed by atoms with Gasteiger partial charge in [0.1, 0.15) is 5.75 Å². The Morgan fingerprint density at radius 2 is 1.64 bits per heavy atom. The van der Waals surface area contributed by atoms with Crippen LogP contribution in [0.3, 0.4) is 0 Å². The van der Waals surface area contributed by atoms with Crippen molar-refractivity contribution >= 4 is 0 Å². The third kappa shape index (κ3) is 1.22. The van der Waals surface area contributed by atoms with Crippen molar-refractivity contribution in [2.45, 2.75) is 13.3 Å². The molecule has 0 heterocycles. The summed E-state index contributed by atoms with van der Waals surface area (Å²) in [6.07, 6.45) is 0.492.